The van der Waals surface area contributed by atoms with E-state index in [2.05, 4.69) is 36.3 Å². The molecule has 2 aromatic rings. The molecule has 3 N–H and O–H groups in total. The number of anilines is 3. The average molecular weight is 637 g/mol. The Hall–Kier alpha value is -3.24. The van der Waals surface area contributed by atoms with E-state index in [9.17, 15) is 19.5 Å². The van der Waals surface area contributed by atoms with Crippen molar-refractivity contribution in [2.75, 3.05) is 48.4 Å². The molecular weight excluding hydrogens is 588 g/mol. The van der Waals surface area contributed by atoms with Crippen LogP contribution in [-0.4, -0.2) is 76.6 Å². The van der Waals surface area contributed by atoms with Crippen molar-refractivity contribution in [3.63, 3.8) is 0 Å². The molecule has 2 bridgehead atoms. The molecule has 3 fully saturated rings. The fourth-order valence-electron chi connectivity index (χ4n) is 7.69. The molecule has 9 nitrogen and oxygen atoms in total. The second kappa shape index (κ2) is 14.5. The number of carbonyl (C=O) groups is 3. The highest BCUT2D eigenvalue weighted by Crippen LogP contribution is 2.68. The van der Waals surface area contributed by atoms with Gasteiger partial charge in [0.05, 0.1) is 23.2 Å². The van der Waals surface area contributed by atoms with Crippen LogP contribution in [0.3, 0.4) is 0 Å². The van der Waals surface area contributed by atoms with Crippen LogP contribution in [0.1, 0.15) is 59.8 Å². The van der Waals surface area contributed by atoms with Gasteiger partial charge in [-0.15, -0.1) is 11.8 Å². The number of hydrogen-bond acceptors (Lipinski definition) is 7. The van der Waals surface area contributed by atoms with Crippen molar-refractivity contribution in [3.05, 3.63) is 48.5 Å². The van der Waals surface area contributed by atoms with Crippen LogP contribution in [0.2, 0.25) is 0 Å². The van der Waals surface area contributed by atoms with Crippen LogP contribution in [0.4, 0.5) is 17.1 Å². The van der Waals surface area contributed by atoms with Crippen LogP contribution >= 0.6 is 11.8 Å². The number of nitrogens with zero attached hydrogens (tertiary/aromatic N) is 2. The fourth-order valence-corrected chi connectivity index (χ4v) is 10.1. The SMILES string of the molecule is CCOc1ccc(NC(=O)[C@@H]2[C@@H]3CC(C)C4(S3)C(C(=O)Nc3ccc(N(CC)CC)cc3)N(CCCCCCO)C(=O)[C@H]24)cc1. The van der Waals surface area contributed by atoms with Crippen LogP contribution in [0, 0.1) is 17.8 Å². The van der Waals surface area contributed by atoms with Crippen LogP contribution in [0.25, 0.3) is 0 Å². The number of benzene rings is 2. The van der Waals surface area contributed by atoms with Crippen molar-refractivity contribution < 1.29 is 24.2 Å². The van der Waals surface area contributed by atoms with Gasteiger partial charge in [-0.1, -0.05) is 19.8 Å². The molecule has 5 rings (SSSR count). The van der Waals surface area contributed by atoms with E-state index in [-0.39, 0.29) is 35.5 Å². The first-order valence-electron chi connectivity index (χ1n) is 16.6. The summed E-state index contributed by atoms with van der Waals surface area (Å²) < 4.78 is 4.86. The van der Waals surface area contributed by atoms with E-state index in [1.165, 1.54) is 0 Å². The smallest absolute Gasteiger partial charge is 0.248 e. The molecule has 10 heteroatoms. The van der Waals surface area contributed by atoms with E-state index in [1.54, 1.807) is 16.7 Å². The average Bonchev–Trinajstić information content (AvgIpc) is 3.63. The van der Waals surface area contributed by atoms with Gasteiger partial charge in [0.2, 0.25) is 17.7 Å². The molecule has 3 aliphatic heterocycles. The standard InChI is InChI=1S/C35H48N4O5S/c1-5-38(6-2)26-16-12-24(13-17-26)37-33(42)31-35-23(4)22-28(45-35)29(30(35)34(43)39(31)20-10-8-9-11-21-40)32(41)36-25-14-18-27(19-15-25)44-7-3/h12-19,23,28-31,40H,5-11,20-22H2,1-4H3,(H,36,41)(H,37,42)/t23?,28-,29+,30-,31?,35?/m0/s1. The lowest BCUT2D eigenvalue weighted by Crippen LogP contribution is -2.54. The molecule has 2 aromatic carbocycles. The van der Waals surface area contributed by atoms with Crippen molar-refractivity contribution in [2.24, 2.45) is 17.8 Å². The van der Waals surface area contributed by atoms with Gasteiger partial charge in [-0.05, 0) is 94.5 Å². The van der Waals surface area contributed by atoms with E-state index in [0.717, 1.165) is 56.6 Å². The van der Waals surface area contributed by atoms with E-state index < -0.39 is 22.6 Å². The van der Waals surface area contributed by atoms with Crippen LogP contribution in [0.5, 0.6) is 5.75 Å². The molecule has 0 radical (unpaired) electrons. The Morgan fingerprint density at radius 1 is 0.956 bits per heavy atom. The summed E-state index contributed by atoms with van der Waals surface area (Å²) in [4.78, 5) is 46.6. The van der Waals surface area contributed by atoms with E-state index in [4.69, 9.17) is 4.74 Å². The first-order chi connectivity index (χ1) is 21.8. The topological polar surface area (TPSA) is 111 Å². The van der Waals surface area contributed by atoms with Gasteiger partial charge in [0.25, 0.3) is 0 Å². The maximum Gasteiger partial charge on any atom is 0.248 e. The van der Waals surface area contributed by atoms with Gasteiger partial charge in [0, 0.05) is 48.6 Å². The number of aliphatic hydroxyl groups excluding tert-OH is 1. The number of rotatable bonds is 15. The van der Waals surface area contributed by atoms with Gasteiger partial charge in [-0.2, -0.15) is 0 Å². The Kier molecular flexibility index (Phi) is 10.6. The minimum Gasteiger partial charge on any atom is -0.494 e. The number of ether oxygens (including phenoxy) is 1. The quantitative estimate of drug-likeness (QED) is 0.225. The van der Waals surface area contributed by atoms with Crippen LogP contribution < -0.4 is 20.3 Å². The summed E-state index contributed by atoms with van der Waals surface area (Å²) in [6.07, 6.45) is 3.96. The minimum atomic E-state index is -0.682. The lowest BCUT2D eigenvalue weighted by atomic mass is 9.66. The summed E-state index contributed by atoms with van der Waals surface area (Å²) in [5, 5.41) is 15.4. The fraction of sp³-hybridized carbons (Fsp3) is 0.571. The molecule has 3 aliphatic rings. The molecule has 45 heavy (non-hydrogen) atoms. The third kappa shape index (κ3) is 6.41. The van der Waals surface area contributed by atoms with Gasteiger partial charge in [-0.3, -0.25) is 14.4 Å². The zero-order valence-corrected chi connectivity index (χ0v) is 27.8. The lowest BCUT2D eigenvalue weighted by molar-refractivity contribution is -0.138. The first kappa shape index (κ1) is 33.1. The number of unbranched alkanes of at least 4 members (excludes halogenated alkanes) is 3. The Morgan fingerprint density at radius 2 is 1.58 bits per heavy atom. The van der Waals surface area contributed by atoms with Gasteiger partial charge in [0.15, 0.2) is 0 Å². The first-order valence-corrected chi connectivity index (χ1v) is 17.5. The predicted molar refractivity (Wildman–Crippen MR) is 181 cm³/mol. The molecule has 3 amide bonds. The number of carbonyl (C=O) groups excluding carboxylic acids is 3. The molecule has 244 valence electrons. The van der Waals surface area contributed by atoms with E-state index in [1.807, 2.05) is 55.5 Å². The van der Waals surface area contributed by atoms with Crippen LogP contribution in [-0.2, 0) is 14.4 Å². The largest absolute Gasteiger partial charge is 0.494 e. The monoisotopic (exact) mass is 636 g/mol. The molecule has 3 saturated heterocycles. The molecule has 1 spiro atoms. The summed E-state index contributed by atoms with van der Waals surface area (Å²) in [6, 6.07) is 14.5. The molecule has 0 aliphatic carbocycles. The summed E-state index contributed by atoms with van der Waals surface area (Å²) in [5.74, 6) is -0.718. The van der Waals surface area contributed by atoms with E-state index >= 15 is 0 Å². The Balaban J connectivity index is 1.40. The Bertz CT molecular complexity index is 1330. The Morgan fingerprint density at radius 3 is 2.20 bits per heavy atom. The number of fused-ring (bicyclic) bond motifs is 1. The third-order valence-corrected chi connectivity index (χ3v) is 11.9. The van der Waals surface area contributed by atoms with Crippen LogP contribution in [0.15, 0.2) is 48.5 Å². The second-order valence-electron chi connectivity index (χ2n) is 12.4. The molecule has 0 saturated carbocycles. The minimum absolute atomic E-state index is 0.0352. The zero-order valence-electron chi connectivity index (χ0n) is 27.0. The highest BCUT2D eigenvalue weighted by Gasteiger charge is 2.75. The third-order valence-electron chi connectivity index (χ3n) is 9.80. The normalized spacial score (nSPS) is 26.6. The molecule has 3 unspecified atom stereocenters. The van der Waals surface area contributed by atoms with Gasteiger partial charge in [-0.25, -0.2) is 0 Å². The molecule has 0 aromatic heterocycles. The van der Waals surface area contributed by atoms with E-state index in [0.29, 0.717) is 24.5 Å². The maximum atomic E-state index is 14.4. The van der Waals surface area contributed by atoms with Crippen molar-refractivity contribution >= 4 is 46.5 Å². The summed E-state index contributed by atoms with van der Waals surface area (Å²) in [7, 11) is 0. The molecular formula is C35H48N4O5S. The van der Waals surface area contributed by atoms with Crippen molar-refractivity contribution in [1.29, 1.82) is 0 Å². The van der Waals surface area contributed by atoms with Gasteiger partial charge >= 0.3 is 0 Å². The van der Waals surface area contributed by atoms with Gasteiger partial charge in [0.1, 0.15) is 11.8 Å². The highest BCUT2D eigenvalue weighted by molar-refractivity contribution is 8.02. The zero-order chi connectivity index (χ0) is 32.1. The summed E-state index contributed by atoms with van der Waals surface area (Å²) >= 11 is 1.68. The van der Waals surface area contributed by atoms with Gasteiger partial charge < -0.3 is 30.3 Å². The van der Waals surface area contributed by atoms with Crippen molar-refractivity contribution in [2.45, 2.75) is 75.8 Å². The second-order valence-corrected chi connectivity index (χ2v) is 13.9. The van der Waals surface area contributed by atoms with Crippen molar-refractivity contribution in [1.82, 2.24) is 4.90 Å². The number of likely N-dealkylation sites (tertiary alicyclic amines) is 1. The summed E-state index contributed by atoms with van der Waals surface area (Å²) in [5.41, 5.74) is 2.45. The molecule has 6 atom stereocenters. The number of amides is 3. The summed E-state index contributed by atoms with van der Waals surface area (Å²) in [6.45, 7) is 11.2. The van der Waals surface area contributed by atoms with Crippen molar-refractivity contribution in [3.8, 4) is 5.75 Å². The lowest BCUT2D eigenvalue weighted by Gasteiger charge is -2.38. The predicted octanol–water partition coefficient (Wildman–Crippen LogP) is 5.40. The highest BCUT2D eigenvalue weighted by atomic mass is 32.2. The number of nitrogens with one attached hydrogen (secondary N) is 2. The Labute approximate surface area is 271 Å². The maximum absolute atomic E-state index is 14.4. The molecule has 3 heterocycles. The number of hydrogen-bond donors (Lipinski definition) is 3. The number of thioether (sulfide) groups is 1. The number of aliphatic hydroxyl groups is 1.